The number of methoxy groups -OCH3 is 1. The van der Waals surface area contributed by atoms with Crippen molar-refractivity contribution in [3.8, 4) is 0 Å². The van der Waals surface area contributed by atoms with Gasteiger partial charge in [-0.2, -0.15) is 0 Å². The molecule has 0 rings (SSSR count). The second kappa shape index (κ2) is 6.60. The van der Waals surface area contributed by atoms with Gasteiger partial charge < -0.3 is 25.6 Å². The Morgan fingerprint density at radius 2 is 2.00 bits per heavy atom. The molecule has 1 atom stereocenters. The number of nitrogens with one attached hydrogen (secondary N) is 2. The Hall–Kier alpha value is -1.83. The molecule has 0 aliphatic rings. The number of hydrogen-bond donors (Lipinski definition) is 4. The number of rotatable bonds is 5. The molecule has 0 bridgehead atoms. The molecule has 0 aliphatic heterocycles. The van der Waals surface area contributed by atoms with Crippen molar-refractivity contribution in [2.75, 3.05) is 20.3 Å². The maximum atomic E-state index is 10.9. The van der Waals surface area contributed by atoms with Crippen LogP contribution in [0, 0.1) is 0 Å². The van der Waals surface area contributed by atoms with E-state index in [1.807, 2.05) is 5.32 Å². The second-order valence-corrected chi connectivity index (χ2v) is 2.48. The van der Waals surface area contributed by atoms with Crippen LogP contribution in [0.15, 0.2) is 0 Å². The highest BCUT2D eigenvalue weighted by atomic mass is 16.5. The molecule has 0 spiro atoms. The van der Waals surface area contributed by atoms with Crippen molar-refractivity contribution in [3.63, 3.8) is 0 Å². The number of aliphatic hydroxyl groups excluding tert-OH is 1. The van der Waals surface area contributed by atoms with E-state index in [9.17, 15) is 14.4 Å². The predicted octanol–water partition coefficient (Wildman–Crippen LogP) is -2.10. The van der Waals surface area contributed by atoms with Gasteiger partial charge in [0.15, 0.2) is 6.04 Å². The zero-order chi connectivity index (χ0) is 11.8. The Balaban J connectivity index is 3.91. The van der Waals surface area contributed by atoms with Crippen molar-refractivity contribution in [1.82, 2.24) is 10.6 Å². The van der Waals surface area contributed by atoms with E-state index in [-0.39, 0.29) is 6.54 Å². The molecule has 0 fully saturated rings. The first-order valence-electron chi connectivity index (χ1n) is 3.96. The highest BCUT2D eigenvalue weighted by Gasteiger charge is 2.18. The topological polar surface area (TPSA) is 125 Å². The number of aliphatic hydroxyl groups is 1. The maximum Gasteiger partial charge on any atom is 0.328 e. The standard InChI is InChI=1S/C7H12N2O6/c1-15-5(11)2-8-7(14)9-4(3-10)6(12)13/h4,10H,2-3H2,1H3,(H,12,13)(H2,8,9,14)/t4-/m0/s1. The molecule has 0 radical (unpaired) electrons. The average molecular weight is 220 g/mol. The first kappa shape index (κ1) is 13.2. The molecule has 2 amide bonds. The van der Waals surface area contributed by atoms with Crippen LogP contribution in [0.3, 0.4) is 0 Å². The summed E-state index contributed by atoms with van der Waals surface area (Å²) in [5.74, 6) is -2.04. The lowest BCUT2D eigenvalue weighted by Crippen LogP contribution is -2.48. The Morgan fingerprint density at radius 1 is 1.40 bits per heavy atom. The smallest absolute Gasteiger partial charge is 0.328 e. The Bertz CT molecular complexity index is 254. The number of amides is 2. The number of ether oxygens (including phenoxy) is 1. The van der Waals surface area contributed by atoms with E-state index >= 15 is 0 Å². The van der Waals surface area contributed by atoms with Crippen LogP contribution < -0.4 is 10.6 Å². The van der Waals surface area contributed by atoms with Gasteiger partial charge in [0.25, 0.3) is 0 Å². The molecule has 4 N–H and O–H groups in total. The maximum absolute atomic E-state index is 10.9. The van der Waals surface area contributed by atoms with Gasteiger partial charge in [-0.3, -0.25) is 4.79 Å². The molecule has 0 aromatic carbocycles. The van der Waals surface area contributed by atoms with E-state index in [1.165, 1.54) is 0 Å². The summed E-state index contributed by atoms with van der Waals surface area (Å²) in [5.41, 5.74) is 0. The number of hydrogen-bond acceptors (Lipinski definition) is 5. The average Bonchev–Trinajstić information content (AvgIpc) is 2.21. The van der Waals surface area contributed by atoms with E-state index in [0.717, 1.165) is 7.11 Å². The van der Waals surface area contributed by atoms with Crippen molar-refractivity contribution in [1.29, 1.82) is 0 Å². The molecule has 8 nitrogen and oxygen atoms in total. The zero-order valence-corrected chi connectivity index (χ0v) is 8.02. The molecule has 15 heavy (non-hydrogen) atoms. The van der Waals surface area contributed by atoms with Crippen molar-refractivity contribution in [3.05, 3.63) is 0 Å². The van der Waals surface area contributed by atoms with E-state index in [1.54, 1.807) is 0 Å². The second-order valence-electron chi connectivity index (χ2n) is 2.48. The lowest BCUT2D eigenvalue weighted by atomic mass is 10.3. The molecule has 0 saturated carbocycles. The van der Waals surface area contributed by atoms with E-state index < -0.39 is 30.6 Å². The Morgan fingerprint density at radius 3 is 2.40 bits per heavy atom. The number of carbonyl (C=O) groups is 3. The van der Waals surface area contributed by atoms with Crippen LogP contribution in [0.2, 0.25) is 0 Å². The summed E-state index contributed by atoms with van der Waals surface area (Å²) in [6.07, 6.45) is 0. The molecule has 0 heterocycles. The van der Waals surface area contributed by atoms with E-state index in [2.05, 4.69) is 10.1 Å². The van der Waals surface area contributed by atoms with Crippen molar-refractivity contribution in [2.45, 2.75) is 6.04 Å². The first-order valence-corrected chi connectivity index (χ1v) is 3.96. The van der Waals surface area contributed by atoms with Gasteiger partial charge in [0.2, 0.25) is 0 Å². The SMILES string of the molecule is COC(=O)CNC(=O)N[C@@H](CO)C(=O)O. The molecule has 0 saturated heterocycles. The molecular weight excluding hydrogens is 208 g/mol. The Labute approximate surface area is 85.2 Å². The molecule has 0 aromatic rings. The fourth-order valence-corrected chi connectivity index (χ4v) is 0.619. The lowest BCUT2D eigenvalue weighted by molar-refractivity contribution is -0.140. The fraction of sp³-hybridized carbons (Fsp3) is 0.571. The van der Waals surface area contributed by atoms with E-state index in [4.69, 9.17) is 10.2 Å². The summed E-state index contributed by atoms with van der Waals surface area (Å²) in [4.78, 5) is 31.9. The molecule has 8 heteroatoms. The quantitative estimate of drug-likeness (QED) is 0.393. The van der Waals surface area contributed by atoms with Crippen LogP contribution in [0.5, 0.6) is 0 Å². The van der Waals surface area contributed by atoms with Gasteiger partial charge in [-0.15, -0.1) is 0 Å². The molecular formula is C7H12N2O6. The minimum Gasteiger partial charge on any atom is -0.480 e. The van der Waals surface area contributed by atoms with Gasteiger partial charge in [0, 0.05) is 0 Å². The van der Waals surface area contributed by atoms with Gasteiger partial charge in [0.1, 0.15) is 6.54 Å². The molecule has 86 valence electrons. The number of aliphatic carboxylic acids is 1. The monoisotopic (exact) mass is 220 g/mol. The highest BCUT2D eigenvalue weighted by Crippen LogP contribution is 1.82. The van der Waals surface area contributed by atoms with Crippen LogP contribution in [0.25, 0.3) is 0 Å². The van der Waals surface area contributed by atoms with Crippen LogP contribution >= 0.6 is 0 Å². The van der Waals surface area contributed by atoms with Gasteiger partial charge >= 0.3 is 18.0 Å². The molecule has 0 unspecified atom stereocenters. The minimum atomic E-state index is -1.40. The van der Waals surface area contributed by atoms with Gasteiger partial charge in [-0.1, -0.05) is 0 Å². The van der Waals surface area contributed by atoms with Crippen molar-refractivity contribution >= 4 is 18.0 Å². The third-order valence-electron chi connectivity index (χ3n) is 1.41. The summed E-state index contributed by atoms with van der Waals surface area (Å²) in [5, 5.41) is 21.0. The van der Waals surface area contributed by atoms with Crippen molar-refractivity contribution in [2.24, 2.45) is 0 Å². The lowest BCUT2D eigenvalue weighted by Gasteiger charge is -2.11. The summed E-state index contributed by atoms with van der Waals surface area (Å²) >= 11 is 0. The minimum absolute atomic E-state index is 0.375. The summed E-state index contributed by atoms with van der Waals surface area (Å²) in [6.45, 7) is -1.11. The third-order valence-corrected chi connectivity index (χ3v) is 1.41. The van der Waals surface area contributed by atoms with E-state index in [0.29, 0.717) is 0 Å². The van der Waals surface area contributed by atoms with Crippen LogP contribution in [0.1, 0.15) is 0 Å². The van der Waals surface area contributed by atoms with Gasteiger partial charge in [0.05, 0.1) is 13.7 Å². The zero-order valence-electron chi connectivity index (χ0n) is 8.02. The normalized spacial score (nSPS) is 11.3. The summed E-state index contributed by atoms with van der Waals surface area (Å²) in [7, 11) is 1.15. The highest BCUT2D eigenvalue weighted by molar-refractivity contribution is 5.85. The molecule has 0 aliphatic carbocycles. The summed E-state index contributed by atoms with van der Waals surface area (Å²) < 4.78 is 4.23. The van der Waals surface area contributed by atoms with Crippen molar-refractivity contribution < 1.29 is 29.3 Å². The van der Waals surface area contributed by atoms with Crippen LogP contribution in [0.4, 0.5) is 4.79 Å². The van der Waals surface area contributed by atoms with Gasteiger partial charge in [-0.25, -0.2) is 9.59 Å². The number of carbonyl (C=O) groups excluding carboxylic acids is 2. The fourth-order valence-electron chi connectivity index (χ4n) is 0.619. The Kier molecular flexibility index (Phi) is 5.79. The van der Waals surface area contributed by atoms with Gasteiger partial charge in [-0.05, 0) is 0 Å². The number of esters is 1. The molecule has 0 aromatic heterocycles. The van der Waals surface area contributed by atoms with Crippen LogP contribution in [-0.2, 0) is 14.3 Å². The third kappa shape index (κ3) is 5.47. The number of urea groups is 1. The summed E-state index contributed by atoms with van der Waals surface area (Å²) in [6, 6.07) is -2.27. The largest absolute Gasteiger partial charge is 0.480 e. The number of carboxylic acid groups (broad SMARTS) is 1. The van der Waals surface area contributed by atoms with Crippen LogP contribution in [-0.4, -0.2) is 54.5 Å². The predicted molar refractivity (Wildman–Crippen MR) is 47.1 cm³/mol. The number of carboxylic acids is 1. The first-order chi connectivity index (χ1) is 7.01.